The normalized spacial score (nSPS) is 24.2. The Morgan fingerprint density at radius 1 is 1.68 bits per heavy atom. The van der Waals surface area contributed by atoms with Crippen LogP contribution in [0.2, 0.25) is 5.02 Å². The van der Waals surface area contributed by atoms with E-state index in [1.165, 1.54) is 0 Å². The standard InChI is InChI=1S/C13H18ClN3O2/c1-17-6-4-12(18)9(8-17)13(19)16-7-11-10(14)3-2-5-15-11/h2-3,5,9,12,18H,4,6-8H2,1H3,(H,16,19)/t9-,12-/m1/s1. The summed E-state index contributed by atoms with van der Waals surface area (Å²) in [7, 11) is 1.95. The molecule has 1 aliphatic rings. The zero-order chi connectivity index (χ0) is 13.8. The Kier molecular flexibility index (Phi) is 4.74. The lowest BCUT2D eigenvalue weighted by Crippen LogP contribution is -2.48. The molecule has 1 amide bonds. The zero-order valence-electron chi connectivity index (χ0n) is 10.8. The van der Waals surface area contributed by atoms with Crippen LogP contribution in [0.15, 0.2) is 18.3 Å². The van der Waals surface area contributed by atoms with Gasteiger partial charge in [-0.1, -0.05) is 11.6 Å². The van der Waals surface area contributed by atoms with Crippen LogP contribution in [-0.2, 0) is 11.3 Å². The van der Waals surface area contributed by atoms with Crippen molar-refractivity contribution in [2.45, 2.75) is 19.1 Å². The second-order valence-electron chi connectivity index (χ2n) is 4.87. The number of rotatable bonds is 3. The first-order chi connectivity index (χ1) is 9.08. The number of halogens is 1. The molecule has 1 fully saturated rings. The molecule has 0 spiro atoms. The summed E-state index contributed by atoms with van der Waals surface area (Å²) in [5.74, 6) is -0.540. The van der Waals surface area contributed by atoms with Crippen LogP contribution in [0.1, 0.15) is 12.1 Å². The average Bonchev–Trinajstić information content (AvgIpc) is 2.40. The Bertz CT molecular complexity index is 455. The number of hydrogen-bond donors (Lipinski definition) is 2. The topological polar surface area (TPSA) is 65.5 Å². The van der Waals surface area contributed by atoms with E-state index in [1.54, 1.807) is 18.3 Å². The molecule has 5 nitrogen and oxygen atoms in total. The van der Waals surface area contributed by atoms with Crippen molar-refractivity contribution in [1.82, 2.24) is 15.2 Å². The first kappa shape index (κ1) is 14.2. The third kappa shape index (κ3) is 3.65. The molecule has 0 aromatic carbocycles. The SMILES string of the molecule is CN1CC[C@@H](O)[C@H](C(=O)NCc2ncccc2Cl)C1. The Hall–Kier alpha value is -1.17. The van der Waals surface area contributed by atoms with Gasteiger partial charge in [0, 0.05) is 19.3 Å². The molecule has 2 N–H and O–H groups in total. The van der Waals surface area contributed by atoms with Gasteiger partial charge in [0.2, 0.25) is 5.91 Å². The molecule has 1 saturated heterocycles. The fourth-order valence-electron chi connectivity index (χ4n) is 2.21. The van der Waals surface area contributed by atoms with Crippen LogP contribution in [0.3, 0.4) is 0 Å². The molecule has 0 saturated carbocycles. The molecule has 6 heteroatoms. The number of hydrogen-bond acceptors (Lipinski definition) is 4. The maximum atomic E-state index is 12.1. The van der Waals surface area contributed by atoms with E-state index in [2.05, 4.69) is 10.3 Å². The van der Waals surface area contributed by atoms with Gasteiger partial charge < -0.3 is 15.3 Å². The number of carbonyl (C=O) groups excluding carboxylic acids is 1. The van der Waals surface area contributed by atoms with Crippen LogP contribution in [0, 0.1) is 5.92 Å². The van der Waals surface area contributed by atoms with Gasteiger partial charge in [0.05, 0.1) is 29.3 Å². The predicted molar refractivity (Wildman–Crippen MR) is 72.7 cm³/mol. The van der Waals surface area contributed by atoms with Crippen molar-refractivity contribution in [1.29, 1.82) is 0 Å². The second kappa shape index (κ2) is 6.32. The van der Waals surface area contributed by atoms with E-state index >= 15 is 0 Å². The van der Waals surface area contributed by atoms with Crippen molar-refractivity contribution < 1.29 is 9.90 Å². The monoisotopic (exact) mass is 283 g/mol. The summed E-state index contributed by atoms with van der Waals surface area (Å²) in [6, 6.07) is 3.48. The van der Waals surface area contributed by atoms with Gasteiger partial charge in [-0.2, -0.15) is 0 Å². The molecule has 0 radical (unpaired) electrons. The summed E-state index contributed by atoms with van der Waals surface area (Å²) in [4.78, 5) is 18.2. The van der Waals surface area contributed by atoms with Gasteiger partial charge in [0.1, 0.15) is 0 Å². The molecule has 2 rings (SSSR count). The first-order valence-corrected chi connectivity index (χ1v) is 6.69. The van der Waals surface area contributed by atoms with Crippen molar-refractivity contribution in [3.05, 3.63) is 29.0 Å². The lowest BCUT2D eigenvalue weighted by Gasteiger charge is -2.32. The van der Waals surface area contributed by atoms with Crippen molar-refractivity contribution >= 4 is 17.5 Å². The van der Waals surface area contributed by atoms with E-state index < -0.39 is 6.10 Å². The molecule has 19 heavy (non-hydrogen) atoms. The highest BCUT2D eigenvalue weighted by atomic mass is 35.5. The van der Waals surface area contributed by atoms with Gasteiger partial charge in [0.15, 0.2) is 0 Å². The minimum Gasteiger partial charge on any atom is -0.392 e. The minimum absolute atomic E-state index is 0.152. The zero-order valence-corrected chi connectivity index (χ0v) is 11.6. The Labute approximate surface area is 117 Å². The van der Waals surface area contributed by atoms with Crippen LogP contribution < -0.4 is 5.32 Å². The first-order valence-electron chi connectivity index (χ1n) is 6.31. The number of carbonyl (C=O) groups is 1. The number of likely N-dealkylation sites (tertiary alicyclic amines) is 1. The van der Waals surface area contributed by atoms with Gasteiger partial charge in [-0.05, 0) is 25.6 Å². The molecule has 0 bridgehead atoms. The largest absolute Gasteiger partial charge is 0.392 e. The summed E-state index contributed by atoms with van der Waals surface area (Å²) < 4.78 is 0. The van der Waals surface area contributed by atoms with E-state index in [-0.39, 0.29) is 18.4 Å². The number of aliphatic hydroxyl groups excluding tert-OH is 1. The fourth-order valence-corrected chi connectivity index (χ4v) is 2.40. The predicted octanol–water partition coefficient (Wildman–Crippen LogP) is 0.664. The molecule has 104 valence electrons. The van der Waals surface area contributed by atoms with Crippen molar-refractivity contribution in [2.75, 3.05) is 20.1 Å². The number of nitrogens with zero attached hydrogens (tertiary/aromatic N) is 2. The Balaban J connectivity index is 1.92. The molecule has 0 aliphatic carbocycles. The Morgan fingerprint density at radius 3 is 3.21 bits per heavy atom. The van der Waals surface area contributed by atoms with Gasteiger partial charge in [-0.25, -0.2) is 0 Å². The summed E-state index contributed by atoms with van der Waals surface area (Å²) in [5.41, 5.74) is 0.635. The van der Waals surface area contributed by atoms with Crippen LogP contribution in [0.5, 0.6) is 0 Å². The third-order valence-electron chi connectivity index (χ3n) is 3.38. The van der Waals surface area contributed by atoms with Gasteiger partial charge >= 0.3 is 0 Å². The maximum absolute atomic E-state index is 12.1. The molecule has 2 heterocycles. The van der Waals surface area contributed by atoms with Gasteiger partial charge in [-0.3, -0.25) is 9.78 Å². The van der Waals surface area contributed by atoms with Crippen LogP contribution in [0.4, 0.5) is 0 Å². The fraction of sp³-hybridized carbons (Fsp3) is 0.538. The number of aromatic nitrogens is 1. The number of nitrogens with one attached hydrogen (secondary N) is 1. The molecule has 2 atom stereocenters. The van der Waals surface area contributed by atoms with Crippen LogP contribution in [0.25, 0.3) is 0 Å². The summed E-state index contributed by atoms with van der Waals surface area (Å²) in [6.45, 7) is 1.67. The van der Waals surface area contributed by atoms with E-state index in [0.717, 1.165) is 6.54 Å². The molecular formula is C13H18ClN3O2. The van der Waals surface area contributed by atoms with Crippen molar-refractivity contribution in [2.24, 2.45) is 5.92 Å². The molecular weight excluding hydrogens is 266 g/mol. The van der Waals surface area contributed by atoms with E-state index in [4.69, 9.17) is 11.6 Å². The molecule has 1 aromatic rings. The minimum atomic E-state index is -0.574. The number of piperidine rings is 1. The molecule has 1 aromatic heterocycles. The van der Waals surface area contributed by atoms with E-state index in [0.29, 0.717) is 23.7 Å². The van der Waals surface area contributed by atoms with E-state index in [9.17, 15) is 9.90 Å². The highest BCUT2D eigenvalue weighted by Crippen LogP contribution is 2.17. The lowest BCUT2D eigenvalue weighted by molar-refractivity contribution is -0.131. The van der Waals surface area contributed by atoms with Crippen LogP contribution >= 0.6 is 11.6 Å². The Morgan fingerprint density at radius 2 is 2.47 bits per heavy atom. The van der Waals surface area contributed by atoms with Crippen LogP contribution in [-0.4, -0.2) is 47.1 Å². The number of pyridine rings is 1. The third-order valence-corrected chi connectivity index (χ3v) is 3.73. The van der Waals surface area contributed by atoms with Crippen molar-refractivity contribution in [3.8, 4) is 0 Å². The summed E-state index contributed by atoms with van der Waals surface area (Å²) in [5, 5.41) is 13.2. The molecule has 0 unspecified atom stereocenters. The van der Waals surface area contributed by atoms with Crippen molar-refractivity contribution in [3.63, 3.8) is 0 Å². The smallest absolute Gasteiger partial charge is 0.227 e. The van der Waals surface area contributed by atoms with Gasteiger partial charge in [-0.15, -0.1) is 0 Å². The van der Waals surface area contributed by atoms with E-state index in [1.807, 2.05) is 11.9 Å². The summed E-state index contributed by atoms with van der Waals surface area (Å²) >= 11 is 5.97. The maximum Gasteiger partial charge on any atom is 0.227 e. The lowest BCUT2D eigenvalue weighted by atomic mass is 9.94. The highest BCUT2D eigenvalue weighted by molar-refractivity contribution is 6.31. The number of amides is 1. The summed E-state index contributed by atoms with van der Waals surface area (Å²) in [6.07, 6.45) is 1.69. The molecule has 1 aliphatic heterocycles. The average molecular weight is 284 g/mol. The highest BCUT2D eigenvalue weighted by Gasteiger charge is 2.31. The number of aliphatic hydroxyl groups is 1. The van der Waals surface area contributed by atoms with Gasteiger partial charge in [0.25, 0.3) is 0 Å². The second-order valence-corrected chi connectivity index (χ2v) is 5.28. The quantitative estimate of drug-likeness (QED) is 0.855.